The fourth-order valence-electron chi connectivity index (χ4n) is 1.29. The van der Waals surface area contributed by atoms with Crippen molar-refractivity contribution < 1.29 is 14.4 Å². The maximum absolute atomic E-state index is 10.8. The Labute approximate surface area is 92.4 Å². The SMILES string of the molecule is [C-]#[N+]Cc1cc(OC)c(OC)cc1[N+](=O)[O-]. The molecule has 0 fully saturated rings. The van der Waals surface area contributed by atoms with Gasteiger partial charge in [-0.15, -0.1) is 0 Å². The van der Waals surface area contributed by atoms with Crippen LogP contribution >= 0.6 is 0 Å². The molecule has 84 valence electrons. The van der Waals surface area contributed by atoms with Gasteiger partial charge in [-0.05, 0) is 0 Å². The Hall–Kier alpha value is -2.29. The number of hydrogen-bond acceptors (Lipinski definition) is 4. The third-order valence-electron chi connectivity index (χ3n) is 2.03. The molecule has 0 spiro atoms. The van der Waals surface area contributed by atoms with Crippen LogP contribution in [0.1, 0.15) is 5.56 Å². The topological polar surface area (TPSA) is 66.0 Å². The van der Waals surface area contributed by atoms with Gasteiger partial charge in [0.1, 0.15) is 5.56 Å². The highest BCUT2D eigenvalue weighted by atomic mass is 16.6. The normalized spacial score (nSPS) is 9.31. The molecule has 0 N–H and O–H groups in total. The molecule has 6 nitrogen and oxygen atoms in total. The molecule has 0 aromatic heterocycles. The highest BCUT2D eigenvalue weighted by Crippen LogP contribution is 2.34. The summed E-state index contributed by atoms with van der Waals surface area (Å²) >= 11 is 0. The molecule has 0 saturated carbocycles. The van der Waals surface area contributed by atoms with Crippen LogP contribution in [-0.4, -0.2) is 19.1 Å². The molecule has 0 aliphatic rings. The highest BCUT2D eigenvalue weighted by molar-refractivity contribution is 5.54. The van der Waals surface area contributed by atoms with Gasteiger partial charge < -0.3 is 14.3 Å². The number of nitro groups is 1. The van der Waals surface area contributed by atoms with E-state index < -0.39 is 4.92 Å². The molecule has 1 aromatic rings. The predicted octanol–water partition coefficient (Wildman–Crippen LogP) is 2.03. The summed E-state index contributed by atoms with van der Waals surface area (Å²) in [6.07, 6.45) is 0. The summed E-state index contributed by atoms with van der Waals surface area (Å²) < 4.78 is 9.96. The van der Waals surface area contributed by atoms with Gasteiger partial charge in [0.15, 0.2) is 11.5 Å². The monoisotopic (exact) mass is 222 g/mol. The van der Waals surface area contributed by atoms with Crippen LogP contribution in [0, 0.1) is 16.7 Å². The van der Waals surface area contributed by atoms with Crippen molar-refractivity contribution in [1.29, 1.82) is 0 Å². The lowest BCUT2D eigenvalue weighted by molar-refractivity contribution is -0.385. The Morgan fingerprint density at radius 1 is 1.38 bits per heavy atom. The Balaban J connectivity index is 3.36. The fraction of sp³-hybridized carbons (Fsp3) is 0.300. The lowest BCUT2D eigenvalue weighted by Gasteiger charge is -2.08. The van der Waals surface area contributed by atoms with Gasteiger partial charge in [0.25, 0.3) is 5.69 Å². The number of nitro benzene ring substituents is 1. The molecule has 6 heteroatoms. The van der Waals surface area contributed by atoms with Gasteiger partial charge >= 0.3 is 0 Å². The number of methoxy groups -OCH3 is 2. The van der Waals surface area contributed by atoms with Crippen LogP contribution < -0.4 is 9.47 Å². The second-order valence-electron chi connectivity index (χ2n) is 2.91. The Morgan fingerprint density at radius 3 is 2.38 bits per heavy atom. The molecule has 0 bridgehead atoms. The molecule has 16 heavy (non-hydrogen) atoms. The van der Waals surface area contributed by atoms with Gasteiger partial charge in [-0.25, -0.2) is 6.57 Å². The summed E-state index contributed by atoms with van der Waals surface area (Å²) in [4.78, 5) is 13.4. The molecule has 0 radical (unpaired) electrons. The molecule has 0 heterocycles. The third kappa shape index (κ3) is 2.20. The first kappa shape index (κ1) is 11.8. The van der Waals surface area contributed by atoms with E-state index in [1.165, 1.54) is 26.4 Å². The maximum atomic E-state index is 10.8. The number of ether oxygens (including phenoxy) is 2. The van der Waals surface area contributed by atoms with E-state index in [1.54, 1.807) is 0 Å². The highest BCUT2D eigenvalue weighted by Gasteiger charge is 2.20. The molecule has 0 aliphatic heterocycles. The summed E-state index contributed by atoms with van der Waals surface area (Å²) in [6.45, 7) is 6.68. The zero-order valence-electron chi connectivity index (χ0n) is 8.89. The number of rotatable bonds is 4. The van der Waals surface area contributed by atoms with Gasteiger partial charge in [0, 0.05) is 6.07 Å². The molecule has 0 saturated heterocycles. The van der Waals surface area contributed by atoms with Crippen LogP contribution in [0.4, 0.5) is 5.69 Å². The van der Waals surface area contributed by atoms with Crippen molar-refractivity contribution in [3.8, 4) is 11.5 Å². The minimum absolute atomic E-state index is 0.0589. The van der Waals surface area contributed by atoms with Crippen LogP contribution in [0.25, 0.3) is 4.85 Å². The van der Waals surface area contributed by atoms with Crippen molar-refractivity contribution in [2.24, 2.45) is 0 Å². The van der Waals surface area contributed by atoms with E-state index in [9.17, 15) is 10.1 Å². The molecular formula is C10H10N2O4. The molecule has 1 aromatic carbocycles. The van der Waals surface area contributed by atoms with E-state index in [-0.39, 0.29) is 18.0 Å². The molecule has 0 amide bonds. The first-order valence-electron chi connectivity index (χ1n) is 4.36. The van der Waals surface area contributed by atoms with Crippen molar-refractivity contribution >= 4 is 5.69 Å². The average molecular weight is 222 g/mol. The van der Waals surface area contributed by atoms with Crippen LogP contribution in [0.5, 0.6) is 11.5 Å². The first-order chi connectivity index (χ1) is 7.63. The summed E-state index contributed by atoms with van der Waals surface area (Å²) in [5.41, 5.74) is 0.186. The number of hydrogen-bond donors (Lipinski definition) is 0. The third-order valence-corrected chi connectivity index (χ3v) is 2.03. The zero-order valence-corrected chi connectivity index (χ0v) is 8.89. The van der Waals surface area contributed by atoms with E-state index in [0.29, 0.717) is 11.3 Å². The average Bonchev–Trinajstić information content (AvgIpc) is 2.28. The first-order valence-corrected chi connectivity index (χ1v) is 4.36. The lowest BCUT2D eigenvalue weighted by Crippen LogP contribution is -1.98. The van der Waals surface area contributed by atoms with Crippen molar-refractivity contribution in [2.45, 2.75) is 6.54 Å². The van der Waals surface area contributed by atoms with Crippen molar-refractivity contribution in [2.75, 3.05) is 14.2 Å². The van der Waals surface area contributed by atoms with Crippen molar-refractivity contribution in [3.05, 3.63) is 39.2 Å². The summed E-state index contributed by atoms with van der Waals surface area (Å²) in [5, 5.41) is 10.8. The summed E-state index contributed by atoms with van der Waals surface area (Å²) in [7, 11) is 2.83. The summed E-state index contributed by atoms with van der Waals surface area (Å²) in [5.74, 6) is 0.662. The van der Waals surface area contributed by atoms with E-state index in [4.69, 9.17) is 16.0 Å². The van der Waals surface area contributed by atoms with Gasteiger partial charge in [0.2, 0.25) is 6.54 Å². The molecule has 1 rings (SSSR count). The minimum atomic E-state index is -0.539. The van der Waals surface area contributed by atoms with Gasteiger partial charge in [-0.1, -0.05) is 0 Å². The Bertz CT molecular complexity index is 451. The van der Waals surface area contributed by atoms with Crippen molar-refractivity contribution in [1.82, 2.24) is 0 Å². The minimum Gasteiger partial charge on any atom is -0.493 e. The van der Waals surface area contributed by atoms with Gasteiger partial charge in [-0.3, -0.25) is 10.1 Å². The fourth-order valence-corrected chi connectivity index (χ4v) is 1.29. The van der Waals surface area contributed by atoms with Crippen LogP contribution in [0.3, 0.4) is 0 Å². The van der Waals surface area contributed by atoms with Gasteiger partial charge in [-0.2, -0.15) is 0 Å². The van der Waals surface area contributed by atoms with E-state index >= 15 is 0 Å². The maximum Gasteiger partial charge on any atom is 0.284 e. The van der Waals surface area contributed by atoms with Crippen LogP contribution in [0.2, 0.25) is 0 Å². The smallest absolute Gasteiger partial charge is 0.284 e. The quantitative estimate of drug-likeness (QED) is 0.444. The van der Waals surface area contributed by atoms with E-state index in [0.717, 1.165) is 0 Å². The predicted molar refractivity (Wildman–Crippen MR) is 56.5 cm³/mol. The molecule has 0 atom stereocenters. The second kappa shape index (κ2) is 4.98. The zero-order chi connectivity index (χ0) is 12.1. The van der Waals surface area contributed by atoms with E-state index in [1.807, 2.05) is 0 Å². The Kier molecular flexibility index (Phi) is 3.67. The van der Waals surface area contributed by atoms with Crippen LogP contribution in [-0.2, 0) is 6.54 Å². The van der Waals surface area contributed by atoms with Gasteiger partial charge in [0.05, 0.1) is 25.2 Å². The largest absolute Gasteiger partial charge is 0.493 e. The molecule has 0 unspecified atom stereocenters. The lowest BCUT2D eigenvalue weighted by atomic mass is 10.1. The molecule has 0 aliphatic carbocycles. The Morgan fingerprint density at radius 2 is 1.94 bits per heavy atom. The van der Waals surface area contributed by atoms with Crippen LogP contribution in [0.15, 0.2) is 12.1 Å². The van der Waals surface area contributed by atoms with E-state index in [2.05, 4.69) is 4.85 Å². The number of benzene rings is 1. The number of nitrogens with zero attached hydrogens (tertiary/aromatic N) is 2. The standard InChI is InChI=1S/C10H10N2O4/c1-11-6-7-4-9(15-2)10(16-3)5-8(7)12(13)14/h4-5H,6H2,2-3H3. The van der Waals surface area contributed by atoms with Crippen molar-refractivity contribution in [3.63, 3.8) is 0 Å². The molecular weight excluding hydrogens is 212 g/mol. The second-order valence-corrected chi connectivity index (χ2v) is 2.91. The summed E-state index contributed by atoms with van der Waals surface area (Å²) in [6, 6.07) is 2.72.